The quantitative estimate of drug-likeness (QED) is 0.677. The molecule has 0 radical (unpaired) electrons. The van der Waals surface area contributed by atoms with E-state index in [1.54, 1.807) is 4.90 Å². The van der Waals surface area contributed by atoms with Crippen molar-refractivity contribution in [3.8, 4) is 5.75 Å². The molecule has 1 aliphatic heterocycles. The van der Waals surface area contributed by atoms with Crippen molar-refractivity contribution >= 4 is 16.9 Å². The minimum absolute atomic E-state index is 0.143. The number of benzene rings is 2. The van der Waals surface area contributed by atoms with Gasteiger partial charge in [0.25, 0.3) is 5.91 Å². The minimum Gasteiger partial charge on any atom is -0.494 e. The third-order valence-corrected chi connectivity index (χ3v) is 5.41. The Bertz CT molecular complexity index is 1150. The third kappa shape index (κ3) is 2.70. The van der Waals surface area contributed by atoms with E-state index in [2.05, 4.69) is 0 Å². The summed E-state index contributed by atoms with van der Waals surface area (Å²) < 4.78 is 11.6. The van der Waals surface area contributed by atoms with Gasteiger partial charge < -0.3 is 14.1 Å². The second-order valence-corrected chi connectivity index (χ2v) is 7.11. The van der Waals surface area contributed by atoms with E-state index in [-0.39, 0.29) is 17.1 Å². The molecule has 2 heterocycles. The standard InChI is InChI=1S/C23H23NO4/c1-5-24-20(15-8-7-9-16(12-15)27-6-2)19-21(25)17-10-13(3)14(4)11-18(17)28-22(19)23(24)26/h7-12,20H,5-6H2,1-4H3. The minimum atomic E-state index is -0.477. The summed E-state index contributed by atoms with van der Waals surface area (Å²) >= 11 is 0. The monoisotopic (exact) mass is 377 g/mol. The molecule has 3 aromatic rings. The van der Waals surface area contributed by atoms with Gasteiger partial charge in [0.2, 0.25) is 5.76 Å². The van der Waals surface area contributed by atoms with Gasteiger partial charge in [0.1, 0.15) is 11.3 Å². The van der Waals surface area contributed by atoms with Gasteiger partial charge in [-0.15, -0.1) is 0 Å². The molecule has 0 saturated heterocycles. The van der Waals surface area contributed by atoms with E-state index in [9.17, 15) is 9.59 Å². The maximum absolute atomic E-state index is 13.4. The molecule has 5 heteroatoms. The molecule has 0 aliphatic carbocycles. The van der Waals surface area contributed by atoms with Gasteiger partial charge in [0.15, 0.2) is 5.43 Å². The van der Waals surface area contributed by atoms with Crippen LogP contribution in [0.15, 0.2) is 45.6 Å². The Hall–Kier alpha value is -3.08. The number of rotatable bonds is 4. The Morgan fingerprint density at radius 3 is 2.54 bits per heavy atom. The largest absolute Gasteiger partial charge is 0.494 e. The van der Waals surface area contributed by atoms with Crippen LogP contribution in [0.2, 0.25) is 0 Å². The highest BCUT2D eigenvalue weighted by Crippen LogP contribution is 2.39. The number of amides is 1. The molecule has 0 fully saturated rings. The molecule has 0 bridgehead atoms. The summed E-state index contributed by atoms with van der Waals surface area (Å²) in [5, 5.41) is 0.513. The van der Waals surface area contributed by atoms with Crippen molar-refractivity contribution in [1.29, 1.82) is 0 Å². The molecule has 144 valence electrons. The van der Waals surface area contributed by atoms with Crippen LogP contribution in [0.4, 0.5) is 0 Å². The van der Waals surface area contributed by atoms with E-state index in [1.807, 2.05) is 64.1 Å². The Kier molecular flexibility index (Phi) is 4.46. The topological polar surface area (TPSA) is 59.8 Å². The van der Waals surface area contributed by atoms with Crippen molar-refractivity contribution < 1.29 is 13.9 Å². The number of ether oxygens (including phenoxy) is 1. The molecule has 2 aromatic carbocycles. The van der Waals surface area contributed by atoms with E-state index in [0.29, 0.717) is 35.4 Å². The van der Waals surface area contributed by atoms with E-state index < -0.39 is 6.04 Å². The van der Waals surface area contributed by atoms with Gasteiger partial charge in [-0.3, -0.25) is 9.59 Å². The third-order valence-electron chi connectivity index (χ3n) is 5.41. The zero-order valence-electron chi connectivity index (χ0n) is 16.5. The van der Waals surface area contributed by atoms with Gasteiger partial charge in [0, 0.05) is 6.54 Å². The number of hydrogen-bond donors (Lipinski definition) is 0. The Morgan fingerprint density at radius 1 is 1.07 bits per heavy atom. The van der Waals surface area contributed by atoms with E-state index >= 15 is 0 Å². The molecule has 0 N–H and O–H groups in total. The summed E-state index contributed by atoms with van der Waals surface area (Å²) in [5.41, 5.74) is 3.61. The molecule has 1 unspecified atom stereocenters. The number of nitrogens with zero attached hydrogens (tertiary/aromatic N) is 1. The number of carbonyl (C=O) groups excluding carboxylic acids is 1. The van der Waals surface area contributed by atoms with Gasteiger partial charge in [-0.1, -0.05) is 12.1 Å². The smallest absolute Gasteiger partial charge is 0.290 e. The first-order valence-electron chi connectivity index (χ1n) is 9.57. The van der Waals surface area contributed by atoms with Gasteiger partial charge in [-0.25, -0.2) is 0 Å². The number of carbonyl (C=O) groups is 1. The predicted octanol–water partition coefficient (Wildman–Crippen LogP) is 4.37. The van der Waals surface area contributed by atoms with Crippen molar-refractivity contribution in [3.05, 3.63) is 74.6 Å². The first kappa shape index (κ1) is 18.3. The average molecular weight is 377 g/mol. The first-order chi connectivity index (χ1) is 13.5. The fraction of sp³-hybridized carbons (Fsp3) is 0.304. The highest BCUT2D eigenvalue weighted by Gasteiger charge is 2.42. The lowest BCUT2D eigenvalue weighted by molar-refractivity contribution is 0.0737. The summed E-state index contributed by atoms with van der Waals surface area (Å²) in [5.74, 6) is 0.615. The maximum Gasteiger partial charge on any atom is 0.290 e. The fourth-order valence-corrected chi connectivity index (χ4v) is 3.89. The lowest BCUT2D eigenvalue weighted by atomic mass is 9.97. The average Bonchev–Trinajstić information content (AvgIpc) is 2.96. The van der Waals surface area contributed by atoms with Gasteiger partial charge >= 0.3 is 0 Å². The molecule has 1 amide bonds. The van der Waals surface area contributed by atoms with Crippen molar-refractivity contribution in [1.82, 2.24) is 4.90 Å². The molecular formula is C23H23NO4. The predicted molar refractivity (Wildman–Crippen MR) is 108 cm³/mol. The summed E-state index contributed by atoms with van der Waals surface area (Å²) in [6.07, 6.45) is 0. The highest BCUT2D eigenvalue weighted by atomic mass is 16.5. The fourth-order valence-electron chi connectivity index (χ4n) is 3.89. The van der Waals surface area contributed by atoms with Crippen LogP contribution in [0.25, 0.3) is 11.0 Å². The molecule has 28 heavy (non-hydrogen) atoms. The van der Waals surface area contributed by atoms with Crippen LogP contribution in [-0.2, 0) is 0 Å². The van der Waals surface area contributed by atoms with E-state index in [0.717, 1.165) is 16.7 Å². The zero-order chi connectivity index (χ0) is 20.0. The Labute approximate surface area is 163 Å². The van der Waals surface area contributed by atoms with Crippen molar-refractivity contribution in [2.45, 2.75) is 33.7 Å². The molecule has 5 nitrogen and oxygen atoms in total. The van der Waals surface area contributed by atoms with Gasteiger partial charge in [0.05, 0.1) is 23.6 Å². The highest BCUT2D eigenvalue weighted by molar-refractivity contribution is 5.99. The van der Waals surface area contributed by atoms with E-state index in [4.69, 9.17) is 9.15 Å². The van der Waals surface area contributed by atoms with Crippen molar-refractivity contribution in [2.24, 2.45) is 0 Å². The second kappa shape index (κ2) is 6.82. The number of fused-ring (bicyclic) bond motifs is 2. The number of hydrogen-bond acceptors (Lipinski definition) is 4. The Morgan fingerprint density at radius 2 is 1.82 bits per heavy atom. The van der Waals surface area contributed by atoms with Gasteiger partial charge in [-0.2, -0.15) is 0 Å². The van der Waals surface area contributed by atoms with Crippen LogP contribution in [0.3, 0.4) is 0 Å². The molecule has 4 rings (SSSR count). The molecule has 1 atom stereocenters. The lowest BCUT2D eigenvalue weighted by Crippen LogP contribution is -2.29. The van der Waals surface area contributed by atoms with Crippen LogP contribution in [0, 0.1) is 13.8 Å². The van der Waals surface area contributed by atoms with Crippen LogP contribution in [0.1, 0.15) is 52.7 Å². The summed E-state index contributed by atoms with van der Waals surface area (Å²) in [6.45, 7) is 8.78. The van der Waals surface area contributed by atoms with Crippen molar-refractivity contribution in [2.75, 3.05) is 13.2 Å². The van der Waals surface area contributed by atoms with Crippen molar-refractivity contribution in [3.63, 3.8) is 0 Å². The maximum atomic E-state index is 13.4. The second-order valence-electron chi connectivity index (χ2n) is 7.11. The molecule has 1 aliphatic rings. The number of aryl methyl sites for hydroxylation is 2. The molecule has 0 spiro atoms. The molecule has 1 aromatic heterocycles. The summed E-state index contributed by atoms with van der Waals surface area (Å²) in [6, 6.07) is 10.8. The van der Waals surface area contributed by atoms with Crippen LogP contribution in [-0.4, -0.2) is 24.0 Å². The normalized spacial score (nSPS) is 15.9. The molecule has 0 saturated carbocycles. The van der Waals surface area contributed by atoms with E-state index in [1.165, 1.54) is 0 Å². The Balaban J connectivity index is 1.99. The first-order valence-corrected chi connectivity index (χ1v) is 9.57. The SMILES string of the molecule is CCOc1cccc(C2c3c(oc4cc(C)c(C)cc4c3=O)C(=O)N2CC)c1. The van der Waals surface area contributed by atoms with Crippen LogP contribution in [0.5, 0.6) is 5.75 Å². The summed E-state index contributed by atoms with van der Waals surface area (Å²) in [7, 11) is 0. The van der Waals surface area contributed by atoms with Crippen LogP contribution < -0.4 is 10.2 Å². The van der Waals surface area contributed by atoms with Crippen LogP contribution >= 0.6 is 0 Å². The lowest BCUT2D eigenvalue weighted by Gasteiger charge is -2.23. The summed E-state index contributed by atoms with van der Waals surface area (Å²) in [4.78, 5) is 28.1. The zero-order valence-corrected chi connectivity index (χ0v) is 16.5. The van der Waals surface area contributed by atoms with Gasteiger partial charge in [-0.05, 0) is 68.7 Å². The molecular weight excluding hydrogens is 354 g/mol.